The molecule has 12 heteroatoms. The first-order valence-electron chi connectivity index (χ1n) is 13.1. The van der Waals surface area contributed by atoms with Crippen LogP contribution in [-0.2, 0) is 26.6 Å². The maximum Gasteiger partial charge on any atom is 0.161 e. The average molecular weight is 576 g/mol. The maximum absolute atomic E-state index is 12.7. The molecule has 2 aromatic rings. The van der Waals surface area contributed by atoms with Gasteiger partial charge < -0.3 is 31.1 Å². The number of anilines is 4. The molecular weight excluding hydrogens is 538 g/mol. The third-order valence-electron chi connectivity index (χ3n) is 7.26. The molecule has 4 N–H and O–H groups in total. The van der Waals surface area contributed by atoms with Crippen molar-refractivity contribution in [1.29, 1.82) is 10.8 Å². The van der Waals surface area contributed by atoms with E-state index < -0.39 is 15.8 Å². The van der Waals surface area contributed by atoms with Gasteiger partial charge in [0, 0.05) is 38.1 Å². The largest absolute Gasteiger partial charge is 0.386 e. The Labute approximate surface area is 237 Å². The summed E-state index contributed by atoms with van der Waals surface area (Å²) in [6.45, 7) is 10.1. The summed E-state index contributed by atoms with van der Waals surface area (Å²) < 4.78 is 23.8. The van der Waals surface area contributed by atoms with E-state index in [2.05, 4.69) is 22.5 Å². The lowest BCUT2D eigenvalue weighted by Crippen LogP contribution is -2.41. The van der Waals surface area contributed by atoms with Crippen LogP contribution in [0, 0.1) is 16.2 Å². The van der Waals surface area contributed by atoms with Gasteiger partial charge in [-0.2, -0.15) is 0 Å². The molecule has 2 atom stereocenters. The third kappa shape index (κ3) is 6.42. The van der Waals surface area contributed by atoms with Crippen LogP contribution < -0.4 is 15.5 Å². The molecule has 0 radical (unpaired) electrons. The lowest BCUT2D eigenvalue weighted by molar-refractivity contribution is 0.0975. The highest BCUT2D eigenvalue weighted by molar-refractivity contribution is 7.81. The number of hydrogen-bond acceptors (Lipinski definition) is 10. The highest BCUT2D eigenvalue weighted by Crippen LogP contribution is 2.43. The molecule has 2 saturated heterocycles. The maximum atomic E-state index is 12.7. The van der Waals surface area contributed by atoms with Gasteiger partial charge in [-0.15, -0.1) is 0 Å². The van der Waals surface area contributed by atoms with E-state index >= 15 is 0 Å². The molecule has 0 amide bonds. The summed E-state index contributed by atoms with van der Waals surface area (Å²) in [6.07, 6.45) is 5.70. The molecular formula is C27H38ClN7O3S. The normalized spacial score (nSPS) is 19.6. The van der Waals surface area contributed by atoms with Crippen molar-refractivity contribution in [1.82, 2.24) is 9.97 Å². The number of aromatic nitrogens is 2. The minimum atomic E-state index is -1.54. The molecule has 0 saturated carbocycles. The molecule has 2 aliphatic rings. The van der Waals surface area contributed by atoms with E-state index in [-0.39, 0.29) is 18.1 Å². The summed E-state index contributed by atoms with van der Waals surface area (Å²) in [5.74, 6) is 0.972. The van der Waals surface area contributed by atoms with Crippen LogP contribution in [0.3, 0.4) is 0 Å². The number of benzene rings is 1. The summed E-state index contributed by atoms with van der Waals surface area (Å²) in [7, 11) is 1.74. The summed E-state index contributed by atoms with van der Waals surface area (Å²) in [5.41, 5.74) is 2.89. The van der Waals surface area contributed by atoms with Crippen molar-refractivity contribution in [3.05, 3.63) is 34.1 Å². The van der Waals surface area contributed by atoms with Crippen molar-refractivity contribution >= 4 is 58.1 Å². The van der Waals surface area contributed by atoms with Crippen LogP contribution in [0.5, 0.6) is 0 Å². The molecule has 2 fully saturated rings. The minimum Gasteiger partial charge on any atom is -0.386 e. The number of nitrogens with one attached hydrogen (secondary N) is 4. The minimum absolute atomic E-state index is 0.00318. The fraction of sp³-hybridized carbons (Fsp3) is 0.556. The van der Waals surface area contributed by atoms with Gasteiger partial charge in [0.05, 0.1) is 33.9 Å². The van der Waals surface area contributed by atoms with Crippen LogP contribution in [0.25, 0.3) is 0 Å². The molecule has 10 nitrogen and oxygen atoms in total. The van der Waals surface area contributed by atoms with Gasteiger partial charge >= 0.3 is 0 Å². The van der Waals surface area contributed by atoms with Gasteiger partial charge in [0.15, 0.2) is 22.7 Å². The van der Waals surface area contributed by atoms with Crippen LogP contribution in [0.2, 0.25) is 5.02 Å². The Hall–Kier alpha value is -2.60. The Balaban J connectivity index is 1.68. The second kappa shape index (κ2) is 11.9. The Morgan fingerprint density at radius 2 is 1.97 bits per heavy atom. The molecule has 1 unspecified atom stereocenters. The molecule has 2 aliphatic heterocycles. The van der Waals surface area contributed by atoms with E-state index in [0.717, 1.165) is 45.2 Å². The zero-order valence-electron chi connectivity index (χ0n) is 23.2. The van der Waals surface area contributed by atoms with Crippen molar-refractivity contribution in [3.8, 4) is 0 Å². The van der Waals surface area contributed by atoms with Gasteiger partial charge in [0.1, 0.15) is 18.0 Å². The molecule has 39 heavy (non-hydrogen) atoms. The van der Waals surface area contributed by atoms with Crippen LogP contribution in [0.4, 0.5) is 23.0 Å². The van der Waals surface area contributed by atoms with Crippen LogP contribution >= 0.6 is 11.6 Å². The fourth-order valence-corrected chi connectivity index (χ4v) is 5.97. The SMILES string of the molecule is CNc1c(C=N)ccc(Nc2nc(COS(=O)C(C)(C)C)c(N3CCC4(CC3)CO[C@@H](C)C4)nc2C=N)c1Cl. The molecule has 1 aromatic carbocycles. The summed E-state index contributed by atoms with van der Waals surface area (Å²) in [4.78, 5) is 11.9. The second-order valence-corrected chi connectivity index (χ2v) is 13.5. The first-order chi connectivity index (χ1) is 18.5. The lowest BCUT2D eigenvalue weighted by Gasteiger charge is -2.39. The Morgan fingerprint density at radius 3 is 2.54 bits per heavy atom. The van der Waals surface area contributed by atoms with E-state index in [9.17, 15) is 4.21 Å². The Kier molecular flexibility index (Phi) is 8.95. The first kappa shape index (κ1) is 29.4. The van der Waals surface area contributed by atoms with Crippen molar-refractivity contribution in [2.24, 2.45) is 5.41 Å². The zero-order chi connectivity index (χ0) is 28.4. The number of piperidine rings is 1. The molecule has 1 aromatic heterocycles. The van der Waals surface area contributed by atoms with Gasteiger partial charge in [-0.3, -0.25) is 4.18 Å². The number of rotatable bonds is 9. The average Bonchev–Trinajstić information content (AvgIpc) is 3.27. The fourth-order valence-electron chi connectivity index (χ4n) is 5.08. The number of hydrogen-bond donors (Lipinski definition) is 4. The third-order valence-corrected chi connectivity index (χ3v) is 8.99. The van der Waals surface area contributed by atoms with E-state index in [1.54, 1.807) is 19.2 Å². The van der Waals surface area contributed by atoms with Gasteiger partial charge in [-0.1, -0.05) is 11.6 Å². The van der Waals surface area contributed by atoms with Crippen LogP contribution in [-0.4, -0.2) is 64.2 Å². The van der Waals surface area contributed by atoms with Crippen molar-refractivity contribution < 1.29 is 13.1 Å². The summed E-state index contributed by atoms with van der Waals surface area (Å²) >= 11 is 5.09. The standard InChI is InChI=1S/C27H38ClN7O3S/c1-17-12-27(16-37-17)8-10-35(11-9-27)25-21(15-38-39(36)26(2,3)4)33-24(20(14-30)34-25)32-19-7-6-18(13-29)23(31-5)22(19)28/h6-7,13-14,17,29-31H,8-12,15-16H2,1-5H3,(H,32,33)/t17-,39?/m0/s1. The lowest BCUT2D eigenvalue weighted by atomic mass is 9.77. The molecule has 0 aliphatic carbocycles. The van der Waals surface area contributed by atoms with E-state index in [1.807, 2.05) is 20.8 Å². The van der Waals surface area contributed by atoms with Gasteiger partial charge in [0.2, 0.25) is 0 Å². The van der Waals surface area contributed by atoms with E-state index in [0.29, 0.717) is 45.0 Å². The van der Waals surface area contributed by atoms with Crippen LogP contribution in [0.15, 0.2) is 12.1 Å². The molecule has 3 heterocycles. The van der Waals surface area contributed by atoms with Gasteiger partial charge in [-0.25, -0.2) is 14.2 Å². The van der Waals surface area contributed by atoms with E-state index in [4.69, 9.17) is 41.3 Å². The molecule has 1 spiro atoms. The molecule has 212 valence electrons. The summed E-state index contributed by atoms with van der Waals surface area (Å²) in [6, 6.07) is 3.53. The highest BCUT2D eigenvalue weighted by Gasteiger charge is 2.41. The Bertz CT molecular complexity index is 1260. The summed E-state index contributed by atoms with van der Waals surface area (Å²) in [5, 5.41) is 22.3. The van der Waals surface area contributed by atoms with Gasteiger partial charge in [-0.05, 0) is 64.5 Å². The second-order valence-electron chi connectivity index (χ2n) is 11.2. The van der Waals surface area contributed by atoms with Gasteiger partial charge in [0.25, 0.3) is 0 Å². The zero-order valence-corrected chi connectivity index (χ0v) is 24.8. The first-order valence-corrected chi connectivity index (χ1v) is 14.6. The monoisotopic (exact) mass is 575 g/mol. The smallest absolute Gasteiger partial charge is 0.161 e. The predicted octanol–water partition coefficient (Wildman–Crippen LogP) is 5.28. The van der Waals surface area contributed by atoms with E-state index in [1.165, 1.54) is 6.21 Å². The number of halogens is 1. The number of nitrogens with zero attached hydrogens (tertiary/aromatic N) is 3. The van der Waals surface area contributed by atoms with Crippen molar-refractivity contribution in [3.63, 3.8) is 0 Å². The predicted molar refractivity (Wildman–Crippen MR) is 159 cm³/mol. The topological polar surface area (TPSA) is 136 Å². The Morgan fingerprint density at radius 1 is 1.26 bits per heavy atom. The quantitative estimate of drug-likeness (QED) is 0.296. The van der Waals surface area contributed by atoms with Crippen LogP contribution in [0.1, 0.15) is 63.9 Å². The molecule has 0 bridgehead atoms. The number of ether oxygens (including phenoxy) is 1. The van der Waals surface area contributed by atoms with Crippen molar-refractivity contribution in [2.45, 2.75) is 64.4 Å². The molecule has 4 rings (SSSR count). The van der Waals surface area contributed by atoms with Crippen molar-refractivity contribution in [2.75, 3.05) is 42.3 Å². The highest BCUT2D eigenvalue weighted by atomic mass is 35.5.